The lowest BCUT2D eigenvalue weighted by molar-refractivity contribution is -0.423. The summed E-state index contributed by atoms with van der Waals surface area (Å²) in [6.07, 6.45) is 1.47. The first-order valence-electron chi connectivity index (χ1n) is 6.54. The van der Waals surface area contributed by atoms with E-state index in [2.05, 4.69) is 6.92 Å². The second-order valence-corrected chi connectivity index (χ2v) is 4.18. The lowest BCUT2D eigenvalue weighted by atomic mass is 10.2. The van der Waals surface area contributed by atoms with E-state index in [9.17, 15) is 0 Å². The zero-order chi connectivity index (χ0) is 13.3. The topological polar surface area (TPSA) is 36.9 Å². The summed E-state index contributed by atoms with van der Waals surface area (Å²) in [5.41, 5.74) is 0. The SMILES string of the molecule is CCCOC(OCC)(OC(C)C)C(CC)OC. The zero-order valence-corrected chi connectivity index (χ0v) is 12.1. The van der Waals surface area contributed by atoms with Gasteiger partial charge in [0, 0.05) is 13.7 Å². The summed E-state index contributed by atoms with van der Waals surface area (Å²) >= 11 is 0. The van der Waals surface area contributed by atoms with Crippen LogP contribution in [0, 0.1) is 0 Å². The van der Waals surface area contributed by atoms with Gasteiger partial charge in [-0.25, -0.2) is 0 Å². The standard InChI is InChI=1S/C13H28O4/c1-7-10-16-13(15-9-3,17-11(4)5)12(8-2)14-6/h11-12H,7-10H2,1-6H3. The molecule has 0 aliphatic rings. The van der Waals surface area contributed by atoms with Crippen molar-refractivity contribution < 1.29 is 18.9 Å². The fourth-order valence-corrected chi connectivity index (χ4v) is 1.71. The molecule has 0 saturated heterocycles. The third kappa shape index (κ3) is 5.34. The Morgan fingerprint density at radius 3 is 2.06 bits per heavy atom. The minimum atomic E-state index is -1.08. The van der Waals surface area contributed by atoms with Crippen molar-refractivity contribution in [1.29, 1.82) is 0 Å². The van der Waals surface area contributed by atoms with E-state index in [-0.39, 0.29) is 12.2 Å². The molecule has 4 nitrogen and oxygen atoms in total. The van der Waals surface area contributed by atoms with E-state index in [0.717, 1.165) is 12.8 Å². The van der Waals surface area contributed by atoms with Gasteiger partial charge >= 0.3 is 5.97 Å². The van der Waals surface area contributed by atoms with Crippen LogP contribution in [0.25, 0.3) is 0 Å². The molecule has 0 fully saturated rings. The maximum atomic E-state index is 5.85. The Morgan fingerprint density at radius 1 is 1.06 bits per heavy atom. The van der Waals surface area contributed by atoms with Crippen LogP contribution in [0.15, 0.2) is 0 Å². The van der Waals surface area contributed by atoms with Crippen LogP contribution in [0.5, 0.6) is 0 Å². The highest BCUT2D eigenvalue weighted by Crippen LogP contribution is 2.27. The van der Waals surface area contributed by atoms with Crippen LogP contribution >= 0.6 is 0 Å². The smallest absolute Gasteiger partial charge is 0.311 e. The third-order valence-electron chi connectivity index (χ3n) is 2.30. The van der Waals surface area contributed by atoms with Gasteiger partial charge in [-0.05, 0) is 33.6 Å². The summed E-state index contributed by atoms with van der Waals surface area (Å²) in [7, 11) is 1.65. The molecule has 4 heteroatoms. The lowest BCUT2D eigenvalue weighted by Crippen LogP contribution is -2.52. The van der Waals surface area contributed by atoms with Gasteiger partial charge in [0.05, 0.1) is 12.7 Å². The van der Waals surface area contributed by atoms with Crippen LogP contribution in [0.1, 0.15) is 47.5 Å². The average Bonchev–Trinajstić information content (AvgIpc) is 2.27. The van der Waals surface area contributed by atoms with E-state index in [4.69, 9.17) is 18.9 Å². The molecule has 0 rings (SSSR count). The number of rotatable bonds is 10. The van der Waals surface area contributed by atoms with E-state index in [0.29, 0.717) is 13.2 Å². The molecule has 0 spiro atoms. The molecule has 0 bridgehead atoms. The molecule has 0 saturated carbocycles. The van der Waals surface area contributed by atoms with E-state index >= 15 is 0 Å². The van der Waals surface area contributed by atoms with Crippen molar-refractivity contribution in [2.45, 2.75) is 65.6 Å². The Kier molecular flexibility index (Phi) is 8.78. The van der Waals surface area contributed by atoms with Crippen LogP contribution < -0.4 is 0 Å². The Balaban J connectivity index is 4.90. The summed E-state index contributed by atoms with van der Waals surface area (Å²) in [5.74, 6) is -1.08. The molecule has 0 aromatic carbocycles. The molecular formula is C13H28O4. The fourth-order valence-electron chi connectivity index (χ4n) is 1.71. The molecule has 0 amide bonds. The number of hydrogen-bond acceptors (Lipinski definition) is 4. The van der Waals surface area contributed by atoms with Gasteiger partial charge in [-0.3, -0.25) is 0 Å². The summed E-state index contributed by atoms with van der Waals surface area (Å²) in [4.78, 5) is 0. The van der Waals surface area contributed by atoms with Crippen molar-refractivity contribution in [3.8, 4) is 0 Å². The third-order valence-corrected chi connectivity index (χ3v) is 2.30. The van der Waals surface area contributed by atoms with E-state index in [1.54, 1.807) is 7.11 Å². The highest BCUT2D eigenvalue weighted by Gasteiger charge is 2.43. The van der Waals surface area contributed by atoms with Crippen molar-refractivity contribution in [3.63, 3.8) is 0 Å². The van der Waals surface area contributed by atoms with Crippen molar-refractivity contribution >= 4 is 0 Å². The quantitative estimate of drug-likeness (QED) is 0.557. The van der Waals surface area contributed by atoms with Gasteiger partial charge in [0.25, 0.3) is 0 Å². The predicted octanol–water partition coefficient (Wildman–Crippen LogP) is 2.95. The molecule has 17 heavy (non-hydrogen) atoms. The first-order chi connectivity index (χ1) is 8.06. The highest BCUT2D eigenvalue weighted by molar-refractivity contribution is 4.72. The van der Waals surface area contributed by atoms with Crippen molar-refractivity contribution in [3.05, 3.63) is 0 Å². The molecule has 0 N–H and O–H groups in total. The Bertz CT molecular complexity index is 180. The molecule has 0 aromatic rings. The minimum absolute atomic E-state index is 0.0163. The Morgan fingerprint density at radius 2 is 1.71 bits per heavy atom. The second-order valence-electron chi connectivity index (χ2n) is 4.18. The van der Waals surface area contributed by atoms with Crippen molar-refractivity contribution in [2.75, 3.05) is 20.3 Å². The van der Waals surface area contributed by atoms with E-state index in [1.807, 2.05) is 27.7 Å². The summed E-state index contributed by atoms with van der Waals surface area (Å²) in [6.45, 7) is 11.1. The molecule has 0 heterocycles. The van der Waals surface area contributed by atoms with Crippen LogP contribution in [0.4, 0.5) is 0 Å². The highest BCUT2D eigenvalue weighted by atomic mass is 16.9. The zero-order valence-electron chi connectivity index (χ0n) is 12.1. The van der Waals surface area contributed by atoms with Gasteiger partial charge < -0.3 is 18.9 Å². The number of methoxy groups -OCH3 is 1. The van der Waals surface area contributed by atoms with Crippen LogP contribution in [0.2, 0.25) is 0 Å². The first kappa shape index (κ1) is 16.8. The first-order valence-corrected chi connectivity index (χ1v) is 6.54. The Hall–Kier alpha value is -0.160. The maximum absolute atomic E-state index is 5.85. The molecule has 0 aliphatic carbocycles. The maximum Gasteiger partial charge on any atom is 0.311 e. The second kappa shape index (κ2) is 8.86. The molecule has 104 valence electrons. The van der Waals surface area contributed by atoms with Crippen molar-refractivity contribution in [1.82, 2.24) is 0 Å². The summed E-state index contributed by atoms with van der Waals surface area (Å²) < 4.78 is 22.8. The molecule has 0 aliphatic heterocycles. The monoisotopic (exact) mass is 248 g/mol. The lowest BCUT2D eigenvalue weighted by Gasteiger charge is -2.39. The molecule has 0 aromatic heterocycles. The normalized spacial score (nSPS) is 17.1. The minimum Gasteiger partial charge on any atom is -0.373 e. The largest absolute Gasteiger partial charge is 0.373 e. The van der Waals surface area contributed by atoms with Gasteiger partial charge in [-0.1, -0.05) is 13.8 Å². The molecule has 0 radical (unpaired) electrons. The van der Waals surface area contributed by atoms with Crippen LogP contribution in [0.3, 0.4) is 0 Å². The Labute approximate surface area is 106 Å². The van der Waals surface area contributed by atoms with Gasteiger partial charge in [-0.2, -0.15) is 0 Å². The number of ether oxygens (including phenoxy) is 4. The predicted molar refractivity (Wildman–Crippen MR) is 67.9 cm³/mol. The number of hydrogen-bond donors (Lipinski definition) is 0. The van der Waals surface area contributed by atoms with Gasteiger partial charge in [0.1, 0.15) is 6.10 Å². The van der Waals surface area contributed by atoms with Gasteiger partial charge in [0.15, 0.2) is 0 Å². The van der Waals surface area contributed by atoms with E-state index in [1.165, 1.54) is 0 Å². The average molecular weight is 248 g/mol. The van der Waals surface area contributed by atoms with Crippen LogP contribution in [-0.4, -0.2) is 38.5 Å². The summed E-state index contributed by atoms with van der Waals surface area (Å²) in [6, 6.07) is 0. The van der Waals surface area contributed by atoms with Crippen molar-refractivity contribution in [2.24, 2.45) is 0 Å². The van der Waals surface area contributed by atoms with Crippen LogP contribution in [-0.2, 0) is 18.9 Å². The van der Waals surface area contributed by atoms with Gasteiger partial charge in [0.2, 0.25) is 0 Å². The van der Waals surface area contributed by atoms with Gasteiger partial charge in [-0.15, -0.1) is 0 Å². The molecular weight excluding hydrogens is 220 g/mol. The fraction of sp³-hybridized carbons (Fsp3) is 1.00. The van der Waals surface area contributed by atoms with E-state index < -0.39 is 5.97 Å². The molecule has 2 unspecified atom stereocenters. The summed E-state index contributed by atoms with van der Waals surface area (Å²) in [5, 5.41) is 0. The molecule has 2 atom stereocenters.